The number of carbonyl (C=O) groups excluding carboxylic acids is 1. The van der Waals surface area contributed by atoms with Gasteiger partial charge in [0.2, 0.25) is 0 Å². The van der Waals surface area contributed by atoms with E-state index in [0.717, 1.165) is 24.4 Å². The molecule has 8 heteroatoms. The number of rotatable bonds is 5. The van der Waals surface area contributed by atoms with Crippen molar-refractivity contribution in [2.24, 2.45) is 13.0 Å². The summed E-state index contributed by atoms with van der Waals surface area (Å²) in [6.07, 6.45) is 6.18. The van der Waals surface area contributed by atoms with Gasteiger partial charge in [-0.15, -0.1) is 5.10 Å². The lowest BCUT2D eigenvalue weighted by atomic mass is 10.0. The average molecular weight is 328 g/mol. The van der Waals surface area contributed by atoms with Crippen LogP contribution in [0.4, 0.5) is 0 Å². The minimum absolute atomic E-state index is 0.117. The first kappa shape index (κ1) is 15.2. The number of aromatic nitrogens is 5. The Labute approximate surface area is 139 Å². The summed E-state index contributed by atoms with van der Waals surface area (Å²) in [6, 6.07) is 1.42. The molecule has 2 aliphatic rings. The summed E-state index contributed by atoms with van der Waals surface area (Å²) in [4.78, 5) is 22.6. The zero-order valence-corrected chi connectivity index (χ0v) is 13.6. The summed E-state index contributed by atoms with van der Waals surface area (Å²) in [5.74, 6) is 0.564. The van der Waals surface area contributed by atoms with Gasteiger partial charge in [0, 0.05) is 32.8 Å². The molecule has 1 aliphatic heterocycles. The monoisotopic (exact) mass is 328 g/mol. The number of hydrogen-bond donors (Lipinski definition) is 0. The van der Waals surface area contributed by atoms with E-state index in [-0.39, 0.29) is 11.9 Å². The Morgan fingerprint density at radius 1 is 1.38 bits per heavy atom. The molecule has 0 radical (unpaired) electrons. The number of aryl methyl sites for hydroxylation is 1. The van der Waals surface area contributed by atoms with E-state index >= 15 is 0 Å². The largest absolute Gasteiger partial charge is 0.379 e. The van der Waals surface area contributed by atoms with Crippen molar-refractivity contribution in [2.45, 2.75) is 25.3 Å². The van der Waals surface area contributed by atoms with E-state index < -0.39 is 0 Å². The highest BCUT2D eigenvalue weighted by atomic mass is 16.5. The fourth-order valence-electron chi connectivity index (χ4n) is 3.08. The van der Waals surface area contributed by atoms with E-state index in [9.17, 15) is 4.79 Å². The molecule has 1 unspecified atom stereocenters. The molecule has 1 fully saturated rings. The summed E-state index contributed by atoms with van der Waals surface area (Å²) in [6.45, 7) is 1.80. The van der Waals surface area contributed by atoms with Crippen LogP contribution in [0.5, 0.6) is 0 Å². The third kappa shape index (κ3) is 2.89. The zero-order valence-electron chi connectivity index (χ0n) is 13.6. The van der Waals surface area contributed by atoms with Crippen molar-refractivity contribution < 1.29 is 9.53 Å². The van der Waals surface area contributed by atoms with E-state index in [0.29, 0.717) is 24.8 Å². The van der Waals surface area contributed by atoms with Crippen LogP contribution in [-0.2, 0) is 18.2 Å². The summed E-state index contributed by atoms with van der Waals surface area (Å²) < 4.78 is 7.66. The molecular formula is C16H20N6O2. The van der Waals surface area contributed by atoms with Crippen LogP contribution in [0.15, 0.2) is 18.6 Å². The van der Waals surface area contributed by atoms with E-state index in [4.69, 9.17) is 4.74 Å². The van der Waals surface area contributed by atoms with Crippen LogP contribution in [0.1, 0.15) is 40.8 Å². The molecule has 2 aromatic heterocycles. The lowest BCUT2D eigenvalue weighted by Crippen LogP contribution is -2.42. The predicted octanol–water partition coefficient (Wildman–Crippen LogP) is 0.771. The highest BCUT2D eigenvalue weighted by Crippen LogP contribution is 2.32. The number of carbonyl (C=O) groups is 1. The molecule has 1 aliphatic carbocycles. The van der Waals surface area contributed by atoms with E-state index in [1.165, 1.54) is 19.2 Å². The van der Waals surface area contributed by atoms with Gasteiger partial charge in [0.05, 0.1) is 12.3 Å². The SMILES string of the molecule is Cn1nnc2c1CCN(C(=O)c1ccncn1)C2COCC1CC1. The van der Waals surface area contributed by atoms with Crippen molar-refractivity contribution in [2.75, 3.05) is 19.8 Å². The van der Waals surface area contributed by atoms with Crippen LogP contribution < -0.4 is 0 Å². The molecule has 8 nitrogen and oxygen atoms in total. The van der Waals surface area contributed by atoms with Crippen LogP contribution in [-0.4, -0.2) is 55.5 Å². The predicted molar refractivity (Wildman–Crippen MR) is 84.1 cm³/mol. The Morgan fingerprint density at radius 3 is 3.00 bits per heavy atom. The maximum atomic E-state index is 12.9. The molecule has 0 saturated heterocycles. The highest BCUT2D eigenvalue weighted by molar-refractivity contribution is 5.92. The molecule has 1 amide bonds. The van der Waals surface area contributed by atoms with E-state index in [1.54, 1.807) is 21.8 Å². The fourth-order valence-corrected chi connectivity index (χ4v) is 3.08. The maximum absolute atomic E-state index is 12.9. The molecular weight excluding hydrogens is 308 g/mol. The van der Waals surface area contributed by atoms with Gasteiger partial charge in [-0.2, -0.15) is 0 Å². The van der Waals surface area contributed by atoms with Crippen molar-refractivity contribution in [3.05, 3.63) is 35.7 Å². The minimum atomic E-state index is -0.219. The Morgan fingerprint density at radius 2 is 2.25 bits per heavy atom. The Hall–Kier alpha value is -2.35. The summed E-state index contributed by atoms with van der Waals surface area (Å²) >= 11 is 0. The zero-order chi connectivity index (χ0) is 16.5. The van der Waals surface area contributed by atoms with Gasteiger partial charge < -0.3 is 9.64 Å². The molecule has 1 saturated carbocycles. The first-order chi connectivity index (χ1) is 11.7. The average Bonchev–Trinajstić information content (AvgIpc) is 3.37. The number of fused-ring (bicyclic) bond motifs is 1. The fraction of sp³-hybridized carbons (Fsp3) is 0.562. The summed E-state index contributed by atoms with van der Waals surface area (Å²) in [7, 11) is 1.88. The molecule has 4 rings (SSSR count). The van der Waals surface area contributed by atoms with Gasteiger partial charge in [-0.3, -0.25) is 9.48 Å². The summed E-state index contributed by atoms with van der Waals surface area (Å²) in [5, 5.41) is 8.40. The molecule has 2 aromatic rings. The quantitative estimate of drug-likeness (QED) is 0.806. The first-order valence-corrected chi connectivity index (χ1v) is 8.27. The Kier molecular flexibility index (Phi) is 3.97. The molecule has 0 N–H and O–H groups in total. The Balaban J connectivity index is 1.57. The molecule has 0 aromatic carbocycles. The normalized spacial score (nSPS) is 20.0. The topological polar surface area (TPSA) is 86.0 Å². The van der Waals surface area contributed by atoms with Gasteiger partial charge in [-0.1, -0.05) is 5.21 Å². The molecule has 126 valence electrons. The van der Waals surface area contributed by atoms with Gasteiger partial charge in [0.1, 0.15) is 23.8 Å². The second-order valence-corrected chi connectivity index (χ2v) is 6.38. The van der Waals surface area contributed by atoms with Crippen LogP contribution in [0.3, 0.4) is 0 Å². The minimum Gasteiger partial charge on any atom is -0.379 e. The number of ether oxygens (including phenoxy) is 1. The van der Waals surface area contributed by atoms with Crippen LogP contribution in [0.25, 0.3) is 0 Å². The smallest absolute Gasteiger partial charge is 0.273 e. The molecule has 0 spiro atoms. The van der Waals surface area contributed by atoms with Crippen molar-refractivity contribution in [3.63, 3.8) is 0 Å². The van der Waals surface area contributed by atoms with Crippen LogP contribution in [0, 0.1) is 5.92 Å². The maximum Gasteiger partial charge on any atom is 0.273 e. The molecule has 3 heterocycles. The van der Waals surface area contributed by atoms with Crippen molar-refractivity contribution >= 4 is 5.91 Å². The van der Waals surface area contributed by atoms with Gasteiger partial charge in [-0.05, 0) is 24.8 Å². The number of hydrogen-bond acceptors (Lipinski definition) is 6. The van der Waals surface area contributed by atoms with Crippen molar-refractivity contribution in [3.8, 4) is 0 Å². The first-order valence-electron chi connectivity index (χ1n) is 8.27. The highest BCUT2D eigenvalue weighted by Gasteiger charge is 2.36. The van der Waals surface area contributed by atoms with Crippen LogP contribution >= 0.6 is 0 Å². The van der Waals surface area contributed by atoms with Crippen molar-refractivity contribution in [1.29, 1.82) is 0 Å². The second kappa shape index (κ2) is 6.27. The number of amides is 1. The third-order valence-corrected chi connectivity index (χ3v) is 4.64. The standard InChI is InChI=1S/C16H20N6O2/c1-21-13-5-7-22(16(23)12-4-6-17-10-18-12)14(15(13)19-20-21)9-24-8-11-2-3-11/h4,6,10-11,14H,2-3,5,7-9H2,1H3. The van der Waals surface area contributed by atoms with Gasteiger partial charge in [0.25, 0.3) is 5.91 Å². The van der Waals surface area contributed by atoms with E-state index in [2.05, 4.69) is 20.3 Å². The molecule has 0 bridgehead atoms. The Bertz CT molecular complexity index is 727. The third-order valence-electron chi connectivity index (χ3n) is 4.64. The van der Waals surface area contributed by atoms with Gasteiger partial charge in [0.15, 0.2) is 0 Å². The lowest BCUT2D eigenvalue weighted by molar-refractivity contribution is 0.0351. The van der Waals surface area contributed by atoms with Gasteiger partial charge in [-0.25, -0.2) is 9.97 Å². The second-order valence-electron chi connectivity index (χ2n) is 6.38. The van der Waals surface area contributed by atoms with E-state index in [1.807, 2.05) is 7.05 Å². The lowest BCUT2D eigenvalue weighted by Gasteiger charge is -2.34. The summed E-state index contributed by atoms with van der Waals surface area (Å²) in [5.41, 5.74) is 2.30. The molecule has 1 atom stereocenters. The van der Waals surface area contributed by atoms with Gasteiger partial charge >= 0.3 is 0 Å². The number of nitrogens with zero attached hydrogens (tertiary/aromatic N) is 6. The van der Waals surface area contributed by atoms with Crippen LogP contribution in [0.2, 0.25) is 0 Å². The molecule has 24 heavy (non-hydrogen) atoms. The van der Waals surface area contributed by atoms with Crippen molar-refractivity contribution in [1.82, 2.24) is 29.9 Å².